The number of amides is 2. The maximum absolute atomic E-state index is 13.1. The summed E-state index contributed by atoms with van der Waals surface area (Å²) in [5, 5.41) is 0. The summed E-state index contributed by atoms with van der Waals surface area (Å²) in [5.74, 6) is -1.27. The van der Waals surface area contributed by atoms with E-state index in [1.165, 1.54) is 19.1 Å². The number of carbonyl (C=O) groups excluding carboxylic acids is 3. The molecule has 7 heteroatoms. The average molecular weight is 347 g/mol. The van der Waals surface area contributed by atoms with E-state index in [1.54, 1.807) is 29.0 Å². The third kappa shape index (κ3) is 3.56. The molecule has 0 saturated carbocycles. The van der Waals surface area contributed by atoms with E-state index in [0.717, 1.165) is 12.0 Å². The van der Waals surface area contributed by atoms with Gasteiger partial charge in [0.05, 0.1) is 12.7 Å². The van der Waals surface area contributed by atoms with Gasteiger partial charge in [0.1, 0.15) is 5.82 Å². The van der Waals surface area contributed by atoms with Crippen molar-refractivity contribution in [3.05, 3.63) is 35.6 Å². The summed E-state index contributed by atoms with van der Waals surface area (Å²) in [4.78, 5) is 41.3. The molecule has 0 radical (unpaired) electrons. The van der Waals surface area contributed by atoms with Gasteiger partial charge in [-0.25, -0.2) is 4.39 Å². The van der Waals surface area contributed by atoms with E-state index in [4.69, 9.17) is 0 Å². The highest BCUT2D eigenvalue weighted by Gasteiger charge is 2.43. The van der Waals surface area contributed by atoms with Gasteiger partial charge in [-0.15, -0.1) is 0 Å². The fourth-order valence-corrected chi connectivity index (χ4v) is 3.61. The Morgan fingerprint density at radius 1 is 1.24 bits per heavy atom. The molecule has 134 valence electrons. The van der Waals surface area contributed by atoms with Crippen molar-refractivity contribution >= 4 is 17.6 Å². The van der Waals surface area contributed by atoms with Crippen LogP contribution in [-0.4, -0.2) is 64.6 Å². The largest absolute Gasteiger partial charge is 0.341 e. The summed E-state index contributed by atoms with van der Waals surface area (Å²) in [5.41, 5.74) is 0.895. The number of piperidine rings is 1. The molecule has 3 rings (SSSR count). The van der Waals surface area contributed by atoms with E-state index >= 15 is 0 Å². The van der Waals surface area contributed by atoms with Gasteiger partial charge in [-0.3, -0.25) is 19.3 Å². The molecule has 0 aromatic heterocycles. The standard InChI is InChI=1S/C18H22FN3O3/c1-12(23)20(2)15-7-8-17-21(9-13-3-5-14(19)6-4-13)11-16(24)18(25)22(17)10-15/h3-6,15,17H,7-11H2,1-2H3/t15-,17?/m0/s1. The molecule has 2 amide bonds. The van der Waals surface area contributed by atoms with Gasteiger partial charge in [0.2, 0.25) is 11.7 Å². The number of rotatable bonds is 3. The molecular formula is C18H22FN3O3. The molecule has 1 unspecified atom stereocenters. The van der Waals surface area contributed by atoms with Crippen molar-refractivity contribution in [3.8, 4) is 0 Å². The first-order valence-electron chi connectivity index (χ1n) is 8.42. The van der Waals surface area contributed by atoms with Crippen molar-refractivity contribution in [3.63, 3.8) is 0 Å². The Bertz CT molecular complexity index is 691. The van der Waals surface area contributed by atoms with Crippen LogP contribution in [-0.2, 0) is 20.9 Å². The minimum atomic E-state index is -0.470. The van der Waals surface area contributed by atoms with Crippen molar-refractivity contribution in [1.29, 1.82) is 0 Å². The molecule has 0 bridgehead atoms. The molecule has 2 aliphatic heterocycles. The van der Waals surface area contributed by atoms with Crippen molar-refractivity contribution in [1.82, 2.24) is 14.7 Å². The van der Waals surface area contributed by atoms with Gasteiger partial charge in [-0.2, -0.15) is 0 Å². The molecular weight excluding hydrogens is 325 g/mol. The number of hydrogen-bond acceptors (Lipinski definition) is 4. The van der Waals surface area contributed by atoms with Gasteiger partial charge in [-0.1, -0.05) is 12.1 Å². The van der Waals surface area contributed by atoms with Gasteiger partial charge in [0, 0.05) is 33.1 Å². The fourth-order valence-electron chi connectivity index (χ4n) is 3.61. The summed E-state index contributed by atoms with van der Waals surface area (Å²) in [6, 6.07) is 6.09. The maximum Gasteiger partial charge on any atom is 0.292 e. The number of nitrogens with zero attached hydrogens (tertiary/aromatic N) is 3. The van der Waals surface area contributed by atoms with Gasteiger partial charge in [0.15, 0.2) is 0 Å². The number of halogens is 1. The number of carbonyl (C=O) groups is 3. The van der Waals surface area contributed by atoms with Crippen LogP contribution in [0, 0.1) is 5.82 Å². The number of likely N-dealkylation sites (N-methyl/N-ethyl adjacent to an activating group) is 1. The Hall–Kier alpha value is -2.28. The third-order valence-electron chi connectivity index (χ3n) is 5.14. The average Bonchev–Trinajstić information content (AvgIpc) is 2.60. The lowest BCUT2D eigenvalue weighted by atomic mass is 9.97. The molecule has 0 spiro atoms. The smallest absolute Gasteiger partial charge is 0.292 e. The number of fused-ring (bicyclic) bond motifs is 1. The van der Waals surface area contributed by atoms with Gasteiger partial charge < -0.3 is 9.80 Å². The first-order valence-corrected chi connectivity index (χ1v) is 8.42. The summed E-state index contributed by atoms with van der Waals surface area (Å²) >= 11 is 0. The molecule has 2 atom stereocenters. The monoisotopic (exact) mass is 347 g/mol. The Labute approximate surface area is 146 Å². The topological polar surface area (TPSA) is 60.9 Å². The molecule has 1 aromatic carbocycles. The van der Waals surface area contributed by atoms with E-state index in [9.17, 15) is 18.8 Å². The predicted octanol–water partition coefficient (Wildman–Crippen LogP) is 1.01. The molecule has 2 fully saturated rings. The summed E-state index contributed by atoms with van der Waals surface area (Å²) in [7, 11) is 1.72. The first kappa shape index (κ1) is 17.5. The number of benzene rings is 1. The molecule has 1 aromatic rings. The quantitative estimate of drug-likeness (QED) is 0.766. The van der Waals surface area contributed by atoms with Crippen LogP contribution in [0.2, 0.25) is 0 Å². The Kier molecular flexibility index (Phi) is 4.85. The molecule has 2 aliphatic rings. The van der Waals surface area contributed by atoms with E-state index < -0.39 is 11.7 Å². The lowest BCUT2D eigenvalue weighted by molar-refractivity contribution is -0.162. The third-order valence-corrected chi connectivity index (χ3v) is 5.14. The van der Waals surface area contributed by atoms with Gasteiger partial charge >= 0.3 is 0 Å². The molecule has 2 saturated heterocycles. The Morgan fingerprint density at radius 3 is 2.56 bits per heavy atom. The zero-order chi connectivity index (χ0) is 18.1. The second-order valence-electron chi connectivity index (χ2n) is 6.75. The van der Waals surface area contributed by atoms with Crippen LogP contribution in [0.15, 0.2) is 24.3 Å². The lowest BCUT2D eigenvalue weighted by Crippen LogP contribution is -2.65. The van der Waals surface area contributed by atoms with Crippen LogP contribution in [0.3, 0.4) is 0 Å². The number of hydrogen-bond donors (Lipinski definition) is 0. The molecule has 6 nitrogen and oxygen atoms in total. The first-order chi connectivity index (χ1) is 11.9. The normalized spacial score (nSPS) is 24.2. The van der Waals surface area contributed by atoms with Crippen molar-refractivity contribution < 1.29 is 18.8 Å². The second-order valence-corrected chi connectivity index (χ2v) is 6.75. The van der Waals surface area contributed by atoms with E-state index in [-0.39, 0.29) is 30.5 Å². The SMILES string of the molecule is CC(=O)N(C)[C@H]1CCC2N(Cc3ccc(F)cc3)CC(=O)C(=O)N2C1. The van der Waals surface area contributed by atoms with E-state index in [2.05, 4.69) is 0 Å². The van der Waals surface area contributed by atoms with E-state index in [1.807, 2.05) is 4.90 Å². The zero-order valence-corrected chi connectivity index (χ0v) is 14.4. The van der Waals surface area contributed by atoms with Crippen LogP contribution >= 0.6 is 0 Å². The minimum absolute atomic E-state index is 0.0533. The molecule has 2 heterocycles. The number of ketones is 1. The molecule has 25 heavy (non-hydrogen) atoms. The van der Waals surface area contributed by atoms with Crippen LogP contribution in [0.5, 0.6) is 0 Å². The fraction of sp³-hybridized carbons (Fsp3) is 0.500. The summed E-state index contributed by atoms with van der Waals surface area (Å²) in [6.07, 6.45) is 1.31. The molecule has 0 N–H and O–H groups in total. The van der Waals surface area contributed by atoms with Crippen molar-refractivity contribution in [2.75, 3.05) is 20.1 Å². The lowest BCUT2D eigenvalue weighted by Gasteiger charge is -2.49. The predicted molar refractivity (Wildman–Crippen MR) is 88.8 cm³/mol. The van der Waals surface area contributed by atoms with Crippen LogP contribution in [0.1, 0.15) is 25.3 Å². The summed E-state index contributed by atoms with van der Waals surface area (Å²) < 4.78 is 13.1. The highest BCUT2D eigenvalue weighted by molar-refractivity contribution is 6.37. The Morgan fingerprint density at radius 2 is 1.92 bits per heavy atom. The van der Waals surface area contributed by atoms with Crippen molar-refractivity contribution in [2.24, 2.45) is 0 Å². The van der Waals surface area contributed by atoms with Crippen LogP contribution in [0.4, 0.5) is 4.39 Å². The van der Waals surface area contributed by atoms with Gasteiger partial charge in [-0.05, 0) is 30.5 Å². The van der Waals surface area contributed by atoms with Crippen molar-refractivity contribution in [2.45, 2.75) is 38.5 Å². The van der Waals surface area contributed by atoms with Crippen LogP contribution in [0.25, 0.3) is 0 Å². The minimum Gasteiger partial charge on any atom is -0.341 e. The Balaban J connectivity index is 1.77. The maximum atomic E-state index is 13.1. The van der Waals surface area contributed by atoms with Gasteiger partial charge in [0.25, 0.3) is 5.91 Å². The highest BCUT2D eigenvalue weighted by Crippen LogP contribution is 2.27. The highest BCUT2D eigenvalue weighted by atomic mass is 19.1. The zero-order valence-electron chi connectivity index (χ0n) is 14.4. The molecule has 0 aliphatic carbocycles. The second kappa shape index (κ2) is 6.92. The van der Waals surface area contributed by atoms with E-state index in [0.29, 0.717) is 19.5 Å². The van der Waals surface area contributed by atoms with Crippen LogP contribution < -0.4 is 0 Å². The number of Topliss-reactive ketones (excluding diaryl/α,β-unsaturated/α-hetero) is 1. The summed E-state index contributed by atoms with van der Waals surface area (Å²) in [6.45, 7) is 2.42.